The van der Waals surface area contributed by atoms with E-state index >= 15 is 0 Å². The number of rotatable bonds is 8. The number of hydrogen-bond acceptors (Lipinski definition) is 1. The van der Waals surface area contributed by atoms with E-state index in [1.165, 1.54) is 44.9 Å². The highest BCUT2D eigenvalue weighted by Gasteiger charge is 2.26. The van der Waals surface area contributed by atoms with Crippen LogP contribution in [0, 0.1) is 0 Å². The van der Waals surface area contributed by atoms with E-state index in [-0.39, 0.29) is 5.60 Å². The van der Waals surface area contributed by atoms with Crippen LogP contribution in [-0.4, -0.2) is 12.7 Å². The molecule has 0 saturated heterocycles. The van der Waals surface area contributed by atoms with Crippen LogP contribution in [-0.2, 0) is 4.74 Å². The summed E-state index contributed by atoms with van der Waals surface area (Å²) in [7, 11) is 1.88. The summed E-state index contributed by atoms with van der Waals surface area (Å²) in [5.74, 6) is 0. The van der Waals surface area contributed by atoms with Crippen LogP contribution in [0.25, 0.3) is 0 Å². The summed E-state index contributed by atoms with van der Waals surface area (Å²) in [4.78, 5) is 0. The Kier molecular flexibility index (Phi) is 7.35. The highest BCUT2D eigenvalue weighted by atomic mass is 16.5. The van der Waals surface area contributed by atoms with Crippen molar-refractivity contribution in [2.75, 3.05) is 7.11 Å². The van der Waals surface area contributed by atoms with E-state index in [0.717, 1.165) is 0 Å². The smallest absolute Gasteiger partial charge is 0.0678 e. The molecule has 0 radical (unpaired) electrons. The fraction of sp³-hybridized carbons (Fsp3) is 1.00. The molecule has 0 amide bonds. The second-order valence-electron chi connectivity index (χ2n) is 3.99. The summed E-state index contributed by atoms with van der Waals surface area (Å²) >= 11 is 0. The van der Waals surface area contributed by atoms with Crippen molar-refractivity contribution >= 4 is 0 Å². The van der Waals surface area contributed by atoms with Crippen LogP contribution in [0.15, 0.2) is 0 Å². The van der Waals surface area contributed by atoms with Crippen LogP contribution in [0.2, 0.25) is 0 Å². The molecule has 0 aromatic heterocycles. The van der Waals surface area contributed by atoms with E-state index in [4.69, 9.17) is 4.74 Å². The topological polar surface area (TPSA) is 9.23 Å². The molecule has 0 fully saturated rings. The van der Waals surface area contributed by atoms with Gasteiger partial charge >= 0.3 is 0 Å². The quantitative estimate of drug-likeness (QED) is 0.553. The third-order valence-corrected chi connectivity index (χ3v) is 2.83. The van der Waals surface area contributed by atoms with Gasteiger partial charge in [-0.05, 0) is 19.3 Å². The number of unbranched alkanes of at least 4 members (excludes halogenated alkanes) is 1. The van der Waals surface area contributed by atoms with Gasteiger partial charge in [-0.25, -0.2) is 0 Å². The maximum Gasteiger partial charge on any atom is 0.0678 e. The third kappa shape index (κ3) is 4.66. The first-order chi connectivity index (χ1) is 6.24. The summed E-state index contributed by atoms with van der Waals surface area (Å²) in [5.41, 5.74) is 0.194. The second kappa shape index (κ2) is 7.37. The van der Waals surface area contributed by atoms with Gasteiger partial charge in [-0.1, -0.05) is 46.5 Å². The van der Waals surface area contributed by atoms with E-state index < -0.39 is 0 Å². The van der Waals surface area contributed by atoms with Crippen molar-refractivity contribution in [2.24, 2.45) is 0 Å². The first-order valence-electron chi connectivity index (χ1n) is 5.79. The zero-order valence-corrected chi connectivity index (χ0v) is 9.86. The zero-order valence-electron chi connectivity index (χ0n) is 9.86. The number of ether oxygens (including phenoxy) is 1. The molecule has 0 heterocycles. The average molecular weight is 186 g/mol. The largest absolute Gasteiger partial charge is 0.378 e. The maximum absolute atomic E-state index is 5.72. The molecule has 0 unspecified atom stereocenters. The first-order valence-corrected chi connectivity index (χ1v) is 5.79. The van der Waals surface area contributed by atoms with Crippen molar-refractivity contribution in [1.29, 1.82) is 0 Å². The Bertz CT molecular complexity index is 104. The summed E-state index contributed by atoms with van der Waals surface area (Å²) in [6.45, 7) is 6.74. The van der Waals surface area contributed by atoms with Crippen LogP contribution < -0.4 is 0 Å². The molecule has 1 nitrogen and oxygen atoms in total. The van der Waals surface area contributed by atoms with Crippen molar-refractivity contribution < 1.29 is 4.74 Å². The molecule has 80 valence electrons. The summed E-state index contributed by atoms with van der Waals surface area (Å²) in [6, 6.07) is 0. The van der Waals surface area contributed by atoms with E-state index in [1.54, 1.807) is 0 Å². The van der Waals surface area contributed by atoms with Crippen molar-refractivity contribution in [2.45, 2.75) is 71.3 Å². The van der Waals surface area contributed by atoms with Gasteiger partial charge in [0.1, 0.15) is 0 Å². The third-order valence-electron chi connectivity index (χ3n) is 2.83. The molecule has 13 heavy (non-hydrogen) atoms. The van der Waals surface area contributed by atoms with Gasteiger partial charge < -0.3 is 4.74 Å². The first kappa shape index (κ1) is 13.0. The van der Waals surface area contributed by atoms with Gasteiger partial charge in [0.05, 0.1) is 5.60 Å². The van der Waals surface area contributed by atoms with Gasteiger partial charge in [0.25, 0.3) is 0 Å². The molecule has 0 aliphatic heterocycles. The van der Waals surface area contributed by atoms with E-state index in [2.05, 4.69) is 20.8 Å². The molecule has 0 aliphatic carbocycles. The van der Waals surface area contributed by atoms with Crippen LogP contribution >= 0.6 is 0 Å². The van der Waals surface area contributed by atoms with E-state index in [1.807, 2.05) is 7.11 Å². The second-order valence-corrected chi connectivity index (χ2v) is 3.99. The Morgan fingerprint density at radius 1 is 0.846 bits per heavy atom. The molecule has 0 spiro atoms. The predicted octanol–water partition coefficient (Wildman–Crippen LogP) is 4.16. The highest BCUT2D eigenvalue weighted by molar-refractivity contribution is 4.79. The minimum Gasteiger partial charge on any atom is -0.378 e. The molecule has 0 atom stereocenters. The molecule has 1 heteroatoms. The van der Waals surface area contributed by atoms with Gasteiger partial charge in [-0.3, -0.25) is 0 Å². The SMILES string of the molecule is CCCCC(CCC)(CCC)OC. The lowest BCUT2D eigenvalue weighted by atomic mass is 9.87. The van der Waals surface area contributed by atoms with E-state index in [9.17, 15) is 0 Å². The number of hydrogen-bond donors (Lipinski definition) is 0. The normalized spacial score (nSPS) is 12.0. The summed E-state index contributed by atoms with van der Waals surface area (Å²) in [6.07, 6.45) is 8.72. The Hall–Kier alpha value is -0.0400. The van der Waals surface area contributed by atoms with Crippen molar-refractivity contribution in [1.82, 2.24) is 0 Å². The molecule has 0 bridgehead atoms. The van der Waals surface area contributed by atoms with Gasteiger partial charge in [0, 0.05) is 7.11 Å². The van der Waals surface area contributed by atoms with E-state index in [0.29, 0.717) is 0 Å². The van der Waals surface area contributed by atoms with Crippen molar-refractivity contribution in [3.05, 3.63) is 0 Å². The van der Waals surface area contributed by atoms with Crippen LogP contribution in [0.1, 0.15) is 65.7 Å². The fourth-order valence-corrected chi connectivity index (χ4v) is 2.09. The minimum absolute atomic E-state index is 0.194. The van der Waals surface area contributed by atoms with Crippen LogP contribution in [0.3, 0.4) is 0 Å². The standard InChI is InChI=1S/C12H26O/c1-5-8-11-12(13-4,9-6-2)10-7-3/h5-11H2,1-4H3. The average Bonchev–Trinajstić information content (AvgIpc) is 2.15. The summed E-state index contributed by atoms with van der Waals surface area (Å²) in [5, 5.41) is 0. The monoisotopic (exact) mass is 186 g/mol. The summed E-state index contributed by atoms with van der Waals surface area (Å²) < 4.78 is 5.72. The molecule has 0 N–H and O–H groups in total. The van der Waals surface area contributed by atoms with Crippen molar-refractivity contribution in [3.63, 3.8) is 0 Å². The van der Waals surface area contributed by atoms with Gasteiger partial charge in [-0.15, -0.1) is 0 Å². The highest BCUT2D eigenvalue weighted by Crippen LogP contribution is 2.29. The molecule has 0 rings (SSSR count). The molecule has 0 aromatic carbocycles. The van der Waals surface area contributed by atoms with Crippen molar-refractivity contribution in [3.8, 4) is 0 Å². The lowest BCUT2D eigenvalue weighted by Crippen LogP contribution is -2.31. The van der Waals surface area contributed by atoms with Crippen LogP contribution in [0.5, 0.6) is 0 Å². The Balaban J connectivity index is 4.07. The lowest BCUT2D eigenvalue weighted by Gasteiger charge is -2.32. The Morgan fingerprint density at radius 3 is 1.69 bits per heavy atom. The Morgan fingerprint density at radius 2 is 1.38 bits per heavy atom. The Labute approximate surface area is 83.9 Å². The van der Waals surface area contributed by atoms with Gasteiger partial charge in [0.15, 0.2) is 0 Å². The fourth-order valence-electron chi connectivity index (χ4n) is 2.09. The zero-order chi connectivity index (χ0) is 10.2. The molecular weight excluding hydrogens is 160 g/mol. The predicted molar refractivity (Wildman–Crippen MR) is 59.1 cm³/mol. The molecule has 0 aromatic rings. The van der Waals surface area contributed by atoms with Crippen LogP contribution in [0.4, 0.5) is 0 Å². The van der Waals surface area contributed by atoms with Gasteiger partial charge in [0.2, 0.25) is 0 Å². The number of methoxy groups -OCH3 is 1. The maximum atomic E-state index is 5.72. The molecular formula is C12H26O. The molecule has 0 saturated carbocycles. The molecule has 0 aliphatic rings. The minimum atomic E-state index is 0.194. The van der Waals surface area contributed by atoms with Gasteiger partial charge in [-0.2, -0.15) is 0 Å². The lowest BCUT2D eigenvalue weighted by molar-refractivity contribution is -0.0337.